The first-order chi connectivity index (χ1) is 34.0. The van der Waals surface area contributed by atoms with Gasteiger partial charge in [0.15, 0.2) is 0 Å². The van der Waals surface area contributed by atoms with E-state index >= 15 is 0 Å². The van der Waals surface area contributed by atoms with E-state index in [1.807, 2.05) is 0 Å². The molecule has 4 nitrogen and oxygen atoms in total. The fourth-order valence-electron chi connectivity index (χ4n) is 11.5. The van der Waals surface area contributed by atoms with Crippen molar-refractivity contribution in [1.82, 2.24) is 13.7 Å². The molecule has 1 aliphatic carbocycles. The average molecular weight is 883 g/mol. The molecule has 0 bridgehead atoms. The van der Waals surface area contributed by atoms with E-state index in [0.29, 0.717) is 0 Å². The third kappa shape index (κ3) is 6.02. The van der Waals surface area contributed by atoms with Crippen LogP contribution >= 0.6 is 0 Å². The van der Waals surface area contributed by atoms with E-state index < -0.39 is 0 Å². The van der Waals surface area contributed by atoms with Gasteiger partial charge in [-0.3, -0.25) is 0 Å². The van der Waals surface area contributed by atoms with Gasteiger partial charge >= 0.3 is 0 Å². The Kier molecular flexibility index (Phi) is 8.59. The third-order valence-corrected chi connectivity index (χ3v) is 14.8. The molecule has 4 heteroatoms. The van der Waals surface area contributed by atoms with Crippen molar-refractivity contribution >= 4 is 71.6 Å². The van der Waals surface area contributed by atoms with Crippen molar-refractivity contribution < 1.29 is 0 Å². The fourth-order valence-corrected chi connectivity index (χ4v) is 11.5. The molecule has 326 valence electrons. The van der Waals surface area contributed by atoms with Gasteiger partial charge in [-0.1, -0.05) is 141 Å². The van der Waals surface area contributed by atoms with Crippen LogP contribution in [-0.2, 0) is 5.41 Å². The van der Waals surface area contributed by atoms with Crippen LogP contribution in [0.25, 0.3) is 93.8 Å². The summed E-state index contributed by atoms with van der Waals surface area (Å²) in [5, 5.41) is 6.09. The number of hydrogen-bond donors (Lipinski definition) is 0. The number of benzene rings is 10. The van der Waals surface area contributed by atoms with Gasteiger partial charge in [-0.2, -0.15) is 0 Å². The van der Waals surface area contributed by atoms with E-state index in [1.54, 1.807) is 0 Å². The number of fused-ring (bicyclic) bond motifs is 10. The van der Waals surface area contributed by atoms with Crippen LogP contribution in [0.4, 0.5) is 17.1 Å². The van der Waals surface area contributed by atoms with Crippen molar-refractivity contribution in [3.05, 3.63) is 254 Å². The highest BCUT2D eigenvalue weighted by Gasteiger charge is 2.36. The molecule has 0 saturated carbocycles. The standard InChI is InChI=1S/C65H46N4/c1-65(2)58-24-14-12-22-52(58)53-35-34-51(39-59(53)65)67(48-28-26-44(27-29-48)43-16-6-3-7-17-43)49-30-32-50(33-31-49)69-62-38-45-36-37-66(46-18-8-4-9-19-46)61(45)40-56(62)57-42-63-55(41-64(57)69)54-23-13-15-25-60(54)68(63)47-20-10-5-11-21-47/h3-42H,1-2H3. The quantitative estimate of drug-likeness (QED) is 0.156. The number of anilines is 3. The number of aromatic nitrogens is 3. The lowest BCUT2D eigenvalue weighted by Crippen LogP contribution is -2.16. The van der Waals surface area contributed by atoms with Gasteiger partial charge in [-0.05, 0) is 143 Å². The first-order valence-electron chi connectivity index (χ1n) is 23.9. The fraction of sp³-hybridized carbons (Fsp3) is 0.0462. The third-order valence-electron chi connectivity index (χ3n) is 14.8. The molecule has 3 aromatic heterocycles. The lowest BCUT2D eigenvalue weighted by Gasteiger charge is -2.28. The highest BCUT2D eigenvalue weighted by molar-refractivity contribution is 6.20. The van der Waals surface area contributed by atoms with Crippen LogP contribution < -0.4 is 4.90 Å². The lowest BCUT2D eigenvalue weighted by atomic mass is 9.82. The molecule has 0 fully saturated rings. The first-order valence-corrected chi connectivity index (χ1v) is 23.9. The second-order valence-electron chi connectivity index (χ2n) is 19.0. The number of rotatable bonds is 7. The predicted molar refractivity (Wildman–Crippen MR) is 290 cm³/mol. The Morgan fingerprint density at radius 1 is 0.333 bits per heavy atom. The Bertz CT molecular complexity index is 4120. The van der Waals surface area contributed by atoms with E-state index in [9.17, 15) is 0 Å². The summed E-state index contributed by atoms with van der Waals surface area (Å²) in [5.41, 5.74) is 20.3. The van der Waals surface area contributed by atoms with E-state index in [4.69, 9.17) is 0 Å². The molecule has 0 N–H and O–H groups in total. The minimum absolute atomic E-state index is 0.128. The van der Waals surface area contributed by atoms with Crippen molar-refractivity contribution in [1.29, 1.82) is 0 Å². The normalized spacial score (nSPS) is 12.9. The Labute approximate surface area is 400 Å². The minimum atomic E-state index is -0.128. The molecule has 13 aromatic rings. The lowest BCUT2D eigenvalue weighted by molar-refractivity contribution is 0.660. The van der Waals surface area contributed by atoms with Crippen molar-refractivity contribution in [2.24, 2.45) is 0 Å². The zero-order valence-electron chi connectivity index (χ0n) is 38.4. The summed E-state index contributed by atoms with van der Waals surface area (Å²) < 4.78 is 7.22. The largest absolute Gasteiger partial charge is 0.317 e. The van der Waals surface area contributed by atoms with Gasteiger partial charge in [0.25, 0.3) is 0 Å². The summed E-state index contributed by atoms with van der Waals surface area (Å²) in [4.78, 5) is 2.42. The second-order valence-corrected chi connectivity index (χ2v) is 19.0. The molecule has 0 saturated heterocycles. The highest BCUT2D eigenvalue weighted by atomic mass is 15.1. The molecule has 14 rings (SSSR count). The Hall–Kier alpha value is -8.86. The van der Waals surface area contributed by atoms with Gasteiger partial charge in [-0.25, -0.2) is 0 Å². The molecule has 1 aliphatic rings. The van der Waals surface area contributed by atoms with Crippen molar-refractivity contribution in [2.75, 3.05) is 4.90 Å². The number of hydrogen-bond acceptors (Lipinski definition) is 1. The maximum atomic E-state index is 2.48. The zero-order valence-corrected chi connectivity index (χ0v) is 38.4. The van der Waals surface area contributed by atoms with Gasteiger partial charge in [-0.15, -0.1) is 0 Å². The minimum Gasteiger partial charge on any atom is -0.317 e. The molecular formula is C65H46N4. The summed E-state index contributed by atoms with van der Waals surface area (Å²) in [7, 11) is 0. The smallest absolute Gasteiger partial charge is 0.0548 e. The van der Waals surface area contributed by atoms with Crippen molar-refractivity contribution in [3.8, 4) is 39.3 Å². The van der Waals surface area contributed by atoms with E-state index in [1.165, 1.54) is 87.9 Å². The Morgan fingerprint density at radius 2 is 0.841 bits per heavy atom. The Balaban J connectivity index is 0.974. The van der Waals surface area contributed by atoms with E-state index in [2.05, 4.69) is 275 Å². The van der Waals surface area contributed by atoms with Crippen LogP contribution in [0.1, 0.15) is 25.0 Å². The van der Waals surface area contributed by atoms with Crippen LogP contribution in [0, 0.1) is 0 Å². The molecule has 0 spiro atoms. The molecule has 0 amide bonds. The van der Waals surface area contributed by atoms with Crippen LogP contribution in [0.5, 0.6) is 0 Å². The van der Waals surface area contributed by atoms with Crippen LogP contribution in [0.2, 0.25) is 0 Å². The molecule has 3 heterocycles. The monoisotopic (exact) mass is 882 g/mol. The zero-order chi connectivity index (χ0) is 45.8. The molecule has 10 aromatic carbocycles. The molecule has 0 radical (unpaired) electrons. The molecular weight excluding hydrogens is 837 g/mol. The summed E-state index contributed by atoms with van der Waals surface area (Å²) in [6.07, 6.45) is 2.20. The SMILES string of the molecule is CC1(C)c2ccccc2-c2ccc(N(c3ccc(-c4ccccc4)cc3)c3ccc(-n4c5cc6ccn(-c7ccccc7)c6cc5c5cc6c(cc54)c4ccccc4n6-c4ccccc4)cc3)cc21. The predicted octanol–water partition coefficient (Wildman–Crippen LogP) is 17.3. The summed E-state index contributed by atoms with van der Waals surface area (Å²) in [6.45, 7) is 4.72. The topological polar surface area (TPSA) is 18.0 Å². The molecule has 0 unspecified atom stereocenters. The highest BCUT2D eigenvalue weighted by Crippen LogP contribution is 2.51. The maximum absolute atomic E-state index is 2.48. The van der Waals surface area contributed by atoms with Gasteiger partial charge in [0.05, 0.1) is 27.6 Å². The summed E-state index contributed by atoms with van der Waals surface area (Å²) in [6, 6.07) is 87.0. The average Bonchev–Trinajstić information content (AvgIpc) is 4.13. The van der Waals surface area contributed by atoms with Crippen molar-refractivity contribution in [3.63, 3.8) is 0 Å². The van der Waals surface area contributed by atoms with Crippen LogP contribution in [-0.4, -0.2) is 13.7 Å². The van der Waals surface area contributed by atoms with Gasteiger partial charge in [0.2, 0.25) is 0 Å². The maximum Gasteiger partial charge on any atom is 0.0548 e. The number of nitrogens with zero attached hydrogens (tertiary/aromatic N) is 4. The summed E-state index contributed by atoms with van der Waals surface area (Å²) >= 11 is 0. The molecule has 0 atom stereocenters. The van der Waals surface area contributed by atoms with Gasteiger partial charge in [0.1, 0.15) is 0 Å². The van der Waals surface area contributed by atoms with Gasteiger partial charge < -0.3 is 18.6 Å². The van der Waals surface area contributed by atoms with E-state index in [-0.39, 0.29) is 5.41 Å². The van der Waals surface area contributed by atoms with Gasteiger partial charge in [0, 0.05) is 72.7 Å². The molecule has 0 aliphatic heterocycles. The van der Waals surface area contributed by atoms with E-state index in [0.717, 1.165) is 34.1 Å². The molecule has 69 heavy (non-hydrogen) atoms. The second kappa shape index (κ2) is 15.1. The Morgan fingerprint density at radius 3 is 1.57 bits per heavy atom. The van der Waals surface area contributed by atoms with Crippen LogP contribution in [0.3, 0.4) is 0 Å². The summed E-state index contributed by atoms with van der Waals surface area (Å²) in [5.74, 6) is 0. The first kappa shape index (κ1) is 39.3. The number of para-hydroxylation sites is 3. The van der Waals surface area contributed by atoms with Crippen LogP contribution in [0.15, 0.2) is 243 Å². The van der Waals surface area contributed by atoms with Crippen molar-refractivity contribution in [2.45, 2.75) is 19.3 Å².